The number of nitrogens with zero attached hydrogens (tertiary/aromatic N) is 5. The second-order valence-corrected chi connectivity index (χ2v) is 12.8. The standard InChI is InChI=1S/C46H29N5/c1-4-12-35-27-38(23-16-30(35)9-1)43-42(47-41-15-7-8-26-51(41)43)33-19-21-34(22-20-33)44-48-45(39-24-17-31-10-2-5-13-36(31)28-39)50-46(49-44)40-25-18-32-11-3-6-14-37(32)29-40/h1-29H. The first-order valence-corrected chi connectivity index (χ1v) is 17.1. The van der Waals surface area contributed by atoms with Gasteiger partial charge in [0.2, 0.25) is 0 Å². The monoisotopic (exact) mass is 651 g/mol. The van der Waals surface area contributed by atoms with Crippen molar-refractivity contribution in [3.63, 3.8) is 0 Å². The molecule has 10 rings (SSSR count). The molecular formula is C46H29N5. The molecule has 0 aliphatic rings. The largest absolute Gasteiger partial charge is 0.299 e. The van der Waals surface area contributed by atoms with Crippen LogP contribution in [0.1, 0.15) is 0 Å². The molecule has 0 aliphatic carbocycles. The van der Waals surface area contributed by atoms with Gasteiger partial charge in [-0.05, 0) is 62.6 Å². The van der Waals surface area contributed by atoms with Crippen LogP contribution in [0.2, 0.25) is 0 Å². The summed E-state index contributed by atoms with van der Waals surface area (Å²) in [5.74, 6) is 1.89. The predicted octanol–water partition coefficient (Wildman–Crippen LogP) is 11.3. The minimum absolute atomic E-state index is 0.618. The van der Waals surface area contributed by atoms with Crippen molar-refractivity contribution < 1.29 is 0 Å². The molecule has 0 radical (unpaired) electrons. The lowest BCUT2D eigenvalue weighted by atomic mass is 10.0. The summed E-state index contributed by atoms with van der Waals surface area (Å²) in [4.78, 5) is 20.3. The van der Waals surface area contributed by atoms with Crippen LogP contribution in [0.15, 0.2) is 176 Å². The maximum Gasteiger partial charge on any atom is 0.164 e. The van der Waals surface area contributed by atoms with Crippen molar-refractivity contribution in [1.29, 1.82) is 0 Å². The molecule has 7 aromatic carbocycles. The third-order valence-corrected chi connectivity index (χ3v) is 9.62. The van der Waals surface area contributed by atoms with E-state index in [9.17, 15) is 0 Å². The Labute approximate surface area is 294 Å². The van der Waals surface area contributed by atoms with Crippen LogP contribution in [0.3, 0.4) is 0 Å². The van der Waals surface area contributed by atoms with Crippen LogP contribution in [-0.4, -0.2) is 24.3 Å². The van der Waals surface area contributed by atoms with Crippen LogP contribution in [0.4, 0.5) is 0 Å². The molecule has 0 fully saturated rings. The zero-order valence-corrected chi connectivity index (χ0v) is 27.5. The van der Waals surface area contributed by atoms with Gasteiger partial charge in [-0.3, -0.25) is 4.40 Å². The summed E-state index contributed by atoms with van der Waals surface area (Å²) in [6.07, 6.45) is 2.08. The van der Waals surface area contributed by atoms with E-state index in [1.807, 2.05) is 12.1 Å². The Balaban J connectivity index is 1.10. The Morgan fingerprint density at radius 2 is 0.725 bits per heavy atom. The molecule has 0 amide bonds. The molecule has 0 spiro atoms. The van der Waals surface area contributed by atoms with Gasteiger partial charge in [0, 0.05) is 34.0 Å². The zero-order valence-electron chi connectivity index (χ0n) is 27.5. The molecule has 5 nitrogen and oxygen atoms in total. The van der Waals surface area contributed by atoms with Gasteiger partial charge in [0.15, 0.2) is 17.5 Å². The molecule has 0 atom stereocenters. The number of fused-ring (bicyclic) bond motifs is 4. The van der Waals surface area contributed by atoms with Gasteiger partial charge in [-0.15, -0.1) is 0 Å². The van der Waals surface area contributed by atoms with Crippen LogP contribution in [0, 0.1) is 0 Å². The van der Waals surface area contributed by atoms with E-state index in [1.54, 1.807) is 0 Å². The average molecular weight is 652 g/mol. The quantitative estimate of drug-likeness (QED) is 0.186. The van der Waals surface area contributed by atoms with E-state index in [1.165, 1.54) is 21.5 Å². The van der Waals surface area contributed by atoms with Crippen LogP contribution in [0.5, 0.6) is 0 Å². The van der Waals surface area contributed by atoms with Gasteiger partial charge < -0.3 is 0 Å². The summed E-state index contributed by atoms with van der Waals surface area (Å²) in [7, 11) is 0. The zero-order chi connectivity index (χ0) is 33.7. The second-order valence-electron chi connectivity index (χ2n) is 12.8. The Morgan fingerprint density at radius 1 is 0.314 bits per heavy atom. The first kappa shape index (κ1) is 29.0. The fraction of sp³-hybridized carbons (Fsp3) is 0. The second kappa shape index (κ2) is 11.9. The summed E-state index contributed by atoms with van der Waals surface area (Å²) in [6.45, 7) is 0. The third-order valence-electron chi connectivity index (χ3n) is 9.62. The van der Waals surface area contributed by atoms with Gasteiger partial charge in [-0.25, -0.2) is 19.9 Å². The van der Waals surface area contributed by atoms with E-state index in [-0.39, 0.29) is 0 Å². The van der Waals surface area contributed by atoms with E-state index in [2.05, 4.69) is 168 Å². The van der Waals surface area contributed by atoms with Crippen LogP contribution in [0.25, 0.3) is 94.6 Å². The molecule has 5 heteroatoms. The number of aromatic nitrogens is 5. The number of rotatable bonds is 5. The molecule has 0 aliphatic heterocycles. The maximum absolute atomic E-state index is 5.12. The van der Waals surface area contributed by atoms with Crippen molar-refractivity contribution in [3.8, 4) is 56.7 Å². The summed E-state index contributed by atoms with van der Waals surface area (Å²) in [5, 5.41) is 7.05. The summed E-state index contributed by atoms with van der Waals surface area (Å²) in [5.41, 5.74) is 7.81. The predicted molar refractivity (Wildman–Crippen MR) is 208 cm³/mol. The van der Waals surface area contributed by atoms with Gasteiger partial charge in [0.25, 0.3) is 0 Å². The van der Waals surface area contributed by atoms with Gasteiger partial charge in [-0.2, -0.15) is 0 Å². The lowest BCUT2D eigenvalue weighted by molar-refractivity contribution is 1.08. The van der Waals surface area contributed by atoms with E-state index in [0.717, 1.165) is 55.6 Å². The highest BCUT2D eigenvalue weighted by molar-refractivity contribution is 5.91. The van der Waals surface area contributed by atoms with Gasteiger partial charge >= 0.3 is 0 Å². The van der Waals surface area contributed by atoms with Crippen molar-refractivity contribution in [2.24, 2.45) is 0 Å². The molecule has 0 unspecified atom stereocenters. The summed E-state index contributed by atoms with van der Waals surface area (Å²) < 4.78 is 2.17. The molecule has 10 aromatic rings. The molecule has 51 heavy (non-hydrogen) atoms. The van der Waals surface area contributed by atoms with Gasteiger partial charge in [-0.1, -0.05) is 140 Å². The first-order chi connectivity index (χ1) is 25.2. The average Bonchev–Trinajstić information content (AvgIpc) is 3.60. The van der Waals surface area contributed by atoms with Crippen LogP contribution in [-0.2, 0) is 0 Å². The highest BCUT2D eigenvalue weighted by atomic mass is 15.0. The normalized spacial score (nSPS) is 11.5. The minimum Gasteiger partial charge on any atom is -0.299 e. The molecule has 238 valence electrons. The van der Waals surface area contributed by atoms with Gasteiger partial charge in [0.1, 0.15) is 5.65 Å². The van der Waals surface area contributed by atoms with Crippen molar-refractivity contribution >= 4 is 38.0 Å². The minimum atomic E-state index is 0.618. The van der Waals surface area contributed by atoms with Crippen molar-refractivity contribution in [3.05, 3.63) is 176 Å². The van der Waals surface area contributed by atoms with E-state index < -0.39 is 0 Å². The molecular weight excluding hydrogens is 623 g/mol. The number of pyridine rings is 1. The maximum atomic E-state index is 5.12. The smallest absolute Gasteiger partial charge is 0.164 e. The van der Waals surface area contributed by atoms with Crippen molar-refractivity contribution in [2.45, 2.75) is 0 Å². The highest BCUT2D eigenvalue weighted by Crippen LogP contribution is 2.36. The summed E-state index contributed by atoms with van der Waals surface area (Å²) in [6, 6.07) is 59.1. The van der Waals surface area contributed by atoms with Gasteiger partial charge in [0.05, 0.1) is 11.4 Å². The molecule has 0 saturated carbocycles. The molecule has 0 saturated heterocycles. The molecule has 0 N–H and O–H groups in total. The SMILES string of the molecule is c1ccc2cc(-c3nc(-c4ccc(-c5nc6ccccn6c5-c5ccc6ccccc6c5)cc4)nc(-c4ccc5ccccc5c4)n3)ccc2c1. The molecule has 3 aromatic heterocycles. The van der Waals surface area contributed by atoms with Crippen molar-refractivity contribution in [1.82, 2.24) is 24.3 Å². The lowest BCUT2D eigenvalue weighted by Crippen LogP contribution is -2.00. The molecule has 3 heterocycles. The van der Waals surface area contributed by atoms with Crippen LogP contribution < -0.4 is 0 Å². The van der Waals surface area contributed by atoms with Crippen LogP contribution >= 0.6 is 0 Å². The number of hydrogen-bond acceptors (Lipinski definition) is 4. The van der Waals surface area contributed by atoms with E-state index in [4.69, 9.17) is 19.9 Å². The third kappa shape index (κ3) is 5.20. The number of hydrogen-bond donors (Lipinski definition) is 0. The Morgan fingerprint density at radius 3 is 1.27 bits per heavy atom. The Hall–Kier alpha value is -6.98. The number of benzene rings is 7. The van der Waals surface area contributed by atoms with E-state index in [0.29, 0.717) is 17.5 Å². The van der Waals surface area contributed by atoms with Crippen molar-refractivity contribution in [2.75, 3.05) is 0 Å². The fourth-order valence-corrected chi connectivity index (χ4v) is 7.01. The topological polar surface area (TPSA) is 56.0 Å². The van der Waals surface area contributed by atoms with E-state index >= 15 is 0 Å². The highest BCUT2D eigenvalue weighted by Gasteiger charge is 2.18. The fourth-order valence-electron chi connectivity index (χ4n) is 7.01. The summed E-state index contributed by atoms with van der Waals surface area (Å²) >= 11 is 0. The first-order valence-electron chi connectivity index (χ1n) is 17.1. The Kier molecular flexibility index (Phi) is 6.74. The lowest BCUT2D eigenvalue weighted by Gasteiger charge is -2.11. The number of imidazole rings is 1. The Bertz CT molecular complexity index is 2830. The molecule has 0 bridgehead atoms.